The molecule has 0 aliphatic carbocycles. The monoisotopic (exact) mass is 693 g/mol. The second-order valence-electron chi connectivity index (χ2n) is 11.3. The van der Waals surface area contributed by atoms with E-state index in [1.807, 2.05) is 12.1 Å². The fourth-order valence-electron chi connectivity index (χ4n) is 4.50. The van der Waals surface area contributed by atoms with Gasteiger partial charge in [-0.2, -0.15) is 0 Å². The van der Waals surface area contributed by atoms with E-state index >= 15 is 0 Å². The number of rotatable bonds is 36. The van der Waals surface area contributed by atoms with E-state index in [4.69, 9.17) is 53.1 Å². The normalized spacial score (nSPS) is 11.3. The van der Waals surface area contributed by atoms with Crippen molar-refractivity contribution in [3.8, 4) is 11.5 Å². The zero-order valence-electron chi connectivity index (χ0n) is 30.0. The lowest BCUT2D eigenvalue weighted by Crippen LogP contribution is -2.15. The van der Waals surface area contributed by atoms with E-state index in [1.165, 1.54) is 44.1 Å². The molecule has 0 amide bonds. The van der Waals surface area contributed by atoms with Crippen molar-refractivity contribution in [2.75, 3.05) is 125 Å². The van der Waals surface area contributed by atoms with E-state index in [1.54, 1.807) is 12.1 Å². The number of nitrogen functional groups attached to an aromatic ring is 1. The quantitative estimate of drug-likeness (QED) is 0.0693. The van der Waals surface area contributed by atoms with E-state index < -0.39 is 0 Å². The highest BCUT2D eigenvalue weighted by Gasteiger charge is 1.99. The van der Waals surface area contributed by atoms with E-state index in [0.717, 1.165) is 17.9 Å². The Morgan fingerprint density at radius 1 is 0.367 bits per heavy atom. The summed E-state index contributed by atoms with van der Waals surface area (Å²) in [6.45, 7) is 11.5. The van der Waals surface area contributed by atoms with Crippen molar-refractivity contribution < 1.29 is 47.4 Å². The summed E-state index contributed by atoms with van der Waals surface area (Å²) in [7, 11) is 0. The van der Waals surface area contributed by atoms with Crippen LogP contribution in [0.1, 0.15) is 51.0 Å². The van der Waals surface area contributed by atoms with Gasteiger partial charge in [0.15, 0.2) is 0 Å². The third kappa shape index (κ3) is 27.0. The van der Waals surface area contributed by atoms with Crippen LogP contribution in [0.25, 0.3) is 0 Å². The number of aryl methyl sites for hydroxylation is 1. The van der Waals surface area contributed by atoms with Crippen LogP contribution < -0.4 is 15.2 Å². The molecule has 0 saturated carbocycles. The fourth-order valence-corrected chi connectivity index (χ4v) is 4.50. The number of hydrogen-bond acceptors (Lipinski definition) is 11. The van der Waals surface area contributed by atoms with Crippen molar-refractivity contribution in [3.05, 3.63) is 54.1 Å². The van der Waals surface area contributed by atoms with Crippen LogP contribution in [-0.2, 0) is 44.3 Å². The molecule has 0 spiro atoms. The Hall–Kier alpha value is -2.48. The largest absolute Gasteiger partial charge is 0.491 e. The molecule has 0 heterocycles. The molecule has 0 fully saturated rings. The fraction of sp³-hybridized carbons (Fsp3) is 0.684. The van der Waals surface area contributed by atoms with Crippen molar-refractivity contribution in [2.24, 2.45) is 0 Å². The second kappa shape index (κ2) is 32.7. The zero-order chi connectivity index (χ0) is 34.7. The molecule has 0 unspecified atom stereocenters. The first-order chi connectivity index (χ1) is 24.3. The van der Waals surface area contributed by atoms with E-state index in [2.05, 4.69) is 31.2 Å². The van der Waals surface area contributed by atoms with Crippen molar-refractivity contribution >= 4 is 5.69 Å². The van der Waals surface area contributed by atoms with Gasteiger partial charge in [0, 0.05) is 5.69 Å². The summed E-state index contributed by atoms with van der Waals surface area (Å²) < 4.78 is 55.5. The molecule has 280 valence electrons. The number of nitrogens with two attached hydrogens (primary N) is 1. The van der Waals surface area contributed by atoms with Crippen LogP contribution in [0.5, 0.6) is 11.5 Å². The van der Waals surface area contributed by atoms with Gasteiger partial charge in [0.2, 0.25) is 0 Å². The van der Waals surface area contributed by atoms with Gasteiger partial charge in [-0.15, -0.1) is 0 Å². The SMILES string of the molecule is CCCCCCCCc1ccc(OCCOCCOCCOCCOCCOCCOCCOCCOCCOc2ccc(N)cc2)cc1. The summed E-state index contributed by atoms with van der Waals surface area (Å²) in [4.78, 5) is 0. The van der Waals surface area contributed by atoms with Crippen molar-refractivity contribution in [2.45, 2.75) is 51.9 Å². The topological polar surface area (TPSA) is 118 Å². The van der Waals surface area contributed by atoms with Gasteiger partial charge < -0.3 is 53.1 Å². The molecule has 0 radical (unpaired) electrons. The average molecular weight is 694 g/mol. The molecular formula is C38H63NO10. The first-order valence-electron chi connectivity index (χ1n) is 18.1. The highest BCUT2D eigenvalue weighted by Crippen LogP contribution is 2.15. The predicted molar refractivity (Wildman–Crippen MR) is 192 cm³/mol. The zero-order valence-corrected chi connectivity index (χ0v) is 30.0. The predicted octanol–water partition coefficient (Wildman–Crippen LogP) is 5.76. The number of anilines is 1. The van der Waals surface area contributed by atoms with Crippen molar-refractivity contribution in [1.29, 1.82) is 0 Å². The summed E-state index contributed by atoms with van der Waals surface area (Å²) in [5.41, 5.74) is 7.74. The Kier molecular flexibility index (Phi) is 28.5. The van der Waals surface area contributed by atoms with Gasteiger partial charge >= 0.3 is 0 Å². The highest BCUT2D eigenvalue weighted by atomic mass is 16.6. The molecular weight excluding hydrogens is 630 g/mol. The molecule has 2 aromatic carbocycles. The molecule has 2 rings (SSSR count). The third-order valence-electron chi connectivity index (χ3n) is 7.22. The van der Waals surface area contributed by atoms with Crippen LogP contribution in [-0.4, -0.2) is 119 Å². The van der Waals surface area contributed by atoms with Gasteiger partial charge in [0.25, 0.3) is 0 Å². The molecule has 0 aliphatic rings. The van der Waals surface area contributed by atoms with Gasteiger partial charge in [0.05, 0.1) is 106 Å². The molecule has 11 heteroatoms. The third-order valence-corrected chi connectivity index (χ3v) is 7.22. The van der Waals surface area contributed by atoms with Gasteiger partial charge in [-0.05, 0) is 54.8 Å². The lowest BCUT2D eigenvalue weighted by molar-refractivity contribution is -0.0241. The smallest absolute Gasteiger partial charge is 0.119 e. The first kappa shape index (κ1) is 42.7. The van der Waals surface area contributed by atoms with E-state index in [0.29, 0.717) is 125 Å². The van der Waals surface area contributed by atoms with Crippen LogP contribution in [0.3, 0.4) is 0 Å². The summed E-state index contributed by atoms with van der Waals surface area (Å²) in [6, 6.07) is 15.7. The second-order valence-corrected chi connectivity index (χ2v) is 11.3. The average Bonchev–Trinajstić information content (AvgIpc) is 3.12. The van der Waals surface area contributed by atoms with Gasteiger partial charge in [0.1, 0.15) is 24.7 Å². The summed E-state index contributed by atoms with van der Waals surface area (Å²) in [6.07, 6.45) is 9.09. The highest BCUT2D eigenvalue weighted by molar-refractivity contribution is 5.41. The number of hydrogen-bond donors (Lipinski definition) is 1. The molecule has 0 aliphatic heterocycles. The molecule has 0 aromatic heterocycles. The van der Waals surface area contributed by atoms with Crippen LogP contribution in [0.15, 0.2) is 48.5 Å². The lowest BCUT2D eigenvalue weighted by Gasteiger charge is -2.09. The summed E-state index contributed by atoms with van der Waals surface area (Å²) in [5, 5.41) is 0. The molecule has 2 N–H and O–H groups in total. The first-order valence-corrected chi connectivity index (χ1v) is 18.1. The van der Waals surface area contributed by atoms with Crippen molar-refractivity contribution in [3.63, 3.8) is 0 Å². The molecule has 11 nitrogen and oxygen atoms in total. The minimum absolute atomic E-state index is 0.478. The Labute approximate surface area is 294 Å². The Bertz CT molecular complexity index is 964. The van der Waals surface area contributed by atoms with Gasteiger partial charge in [-0.1, -0.05) is 51.2 Å². The van der Waals surface area contributed by atoms with Crippen LogP contribution in [0, 0.1) is 0 Å². The van der Waals surface area contributed by atoms with E-state index in [-0.39, 0.29) is 0 Å². The lowest BCUT2D eigenvalue weighted by atomic mass is 10.0. The summed E-state index contributed by atoms with van der Waals surface area (Å²) in [5.74, 6) is 1.66. The Balaban J connectivity index is 1.19. The minimum atomic E-state index is 0.478. The molecule has 0 bridgehead atoms. The molecule has 2 aromatic rings. The van der Waals surface area contributed by atoms with Crippen LogP contribution in [0.4, 0.5) is 5.69 Å². The number of benzene rings is 2. The van der Waals surface area contributed by atoms with E-state index in [9.17, 15) is 0 Å². The molecule has 49 heavy (non-hydrogen) atoms. The molecule has 0 saturated heterocycles. The minimum Gasteiger partial charge on any atom is -0.491 e. The summed E-state index contributed by atoms with van der Waals surface area (Å²) >= 11 is 0. The number of unbranched alkanes of at least 4 members (excludes halogenated alkanes) is 5. The maximum Gasteiger partial charge on any atom is 0.119 e. The van der Waals surface area contributed by atoms with Crippen LogP contribution >= 0.6 is 0 Å². The molecule has 0 atom stereocenters. The van der Waals surface area contributed by atoms with Gasteiger partial charge in [-0.3, -0.25) is 0 Å². The standard InChI is InChI=1S/C38H63NO10/c1-2-3-4-5-6-7-8-35-9-13-37(14-10-35)48-33-31-46-29-27-44-25-23-42-21-19-40-17-18-41-20-22-43-24-26-45-28-30-47-32-34-49-38-15-11-36(39)12-16-38/h9-16H,2-8,17-34,39H2,1H3. The Morgan fingerprint density at radius 2 is 0.673 bits per heavy atom. The Morgan fingerprint density at radius 3 is 1.04 bits per heavy atom. The van der Waals surface area contributed by atoms with Crippen molar-refractivity contribution in [1.82, 2.24) is 0 Å². The maximum atomic E-state index is 5.77. The maximum absolute atomic E-state index is 5.77. The van der Waals surface area contributed by atoms with Gasteiger partial charge in [-0.25, -0.2) is 0 Å². The van der Waals surface area contributed by atoms with Crippen LogP contribution in [0.2, 0.25) is 0 Å². The number of ether oxygens (including phenoxy) is 10.